The van der Waals surface area contributed by atoms with E-state index in [0.29, 0.717) is 0 Å². The number of rotatable bonds is 5. The summed E-state index contributed by atoms with van der Waals surface area (Å²) in [6.07, 6.45) is -4.45. The first-order valence-electron chi connectivity index (χ1n) is 9.48. The zero-order valence-corrected chi connectivity index (χ0v) is 19.2. The molecule has 0 radical (unpaired) electrons. The van der Waals surface area contributed by atoms with Gasteiger partial charge in [-0.1, -0.05) is 36.4 Å². The second-order valence-corrected chi connectivity index (χ2v) is 6.41. The number of aromatic carboxylic acids is 2. The first kappa shape index (κ1) is 29.2. The van der Waals surface area contributed by atoms with Crippen molar-refractivity contribution in [1.82, 2.24) is 0 Å². The molecule has 0 aliphatic heterocycles. The number of benzene rings is 3. The quantitative estimate of drug-likeness (QED) is 0.306. The van der Waals surface area contributed by atoms with Gasteiger partial charge in [0.2, 0.25) is 0 Å². The van der Waals surface area contributed by atoms with Gasteiger partial charge < -0.3 is 29.9 Å². The summed E-state index contributed by atoms with van der Waals surface area (Å²) >= 11 is 1.42. The van der Waals surface area contributed by atoms with E-state index in [2.05, 4.69) is 10.1 Å². The van der Waals surface area contributed by atoms with Gasteiger partial charge in [0.15, 0.2) is 0 Å². The van der Waals surface area contributed by atoms with Gasteiger partial charge >= 0.3 is 32.9 Å². The predicted molar refractivity (Wildman–Crippen MR) is 116 cm³/mol. The van der Waals surface area contributed by atoms with Crippen molar-refractivity contribution in [3.8, 4) is 5.75 Å². The van der Waals surface area contributed by atoms with E-state index in [-0.39, 0.29) is 28.3 Å². The van der Waals surface area contributed by atoms with Crippen LogP contribution in [-0.2, 0) is 11.0 Å². The summed E-state index contributed by atoms with van der Waals surface area (Å²) in [6, 6.07) is 16.2. The molecule has 180 valence electrons. The molecule has 0 aliphatic carbocycles. The molecule has 3 aromatic rings. The van der Waals surface area contributed by atoms with E-state index in [4.69, 9.17) is 4.16 Å². The number of hydrogen-bond donors (Lipinski definition) is 2. The Morgan fingerprint density at radius 1 is 0.857 bits per heavy atom. The van der Waals surface area contributed by atoms with Crippen LogP contribution in [-0.4, -0.2) is 38.7 Å². The molecule has 0 saturated carbocycles. The third-order valence-corrected chi connectivity index (χ3v) is 3.98. The van der Waals surface area contributed by atoms with Crippen molar-refractivity contribution in [2.75, 3.05) is 5.32 Å². The first-order valence-corrected chi connectivity index (χ1v) is 10.00. The molecule has 0 aliphatic rings. The summed E-state index contributed by atoms with van der Waals surface area (Å²) in [6.45, 7) is 1.20. The SMILES string of the molecule is CC(=O)Oc1ccccc1C(=O)[O-].O=C([O-])c1ccccc1Nc1cccc(C(F)(F)F)c1.[OH][Al+2]. The van der Waals surface area contributed by atoms with Crippen molar-refractivity contribution in [1.29, 1.82) is 0 Å². The van der Waals surface area contributed by atoms with Gasteiger partial charge in [0.05, 0.1) is 17.5 Å². The van der Waals surface area contributed by atoms with Crippen LogP contribution in [0.3, 0.4) is 0 Å². The first-order chi connectivity index (χ1) is 16.5. The molecule has 35 heavy (non-hydrogen) atoms. The second kappa shape index (κ2) is 13.8. The summed E-state index contributed by atoms with van der Waals surface area (Å²) in [5.41, 5.74) is -0.739. The summed E-state index contributed by atoms with van der Waals surface area (Å²) in [5, 5.41) is 24.1. The number of carboxylic acid groups (broad SMARTS) is 2. The van der Waals surface area contributed by atoms with Crippen LogP contribution in [0.5, 0.6) is 5.75 Å². The van der Waals surface area contributed by atoms with Gasteiger partial charge in [0.1, 0.15) is 5.75 Å². The van der Waals surface area contributed by atoms with Gasteiger partial charge in [0.25, 0.3) is 0 Å². The average Bonchev–Trinajstić information content (AvgIpc) is 2.80. The number of carbonyl (C=O) groups excluding carboxylic acids is 3. The van der Waals surface area contributed by atoms with E-state index in [1.54, 1.807) is 12.1 Å². The number of ether oxygens (including phenoxy) is 1. The van der Waals surface area contributed by atoms with Crippen LogP contribution in [0.4, 0.5) is 24.5 Å². The Labute approximate surface area is 206 Å². The molecule has 0 spiro atoms. The summed E-state index contributed by atoms with van der Waals surface area (Å²) in [7, 11) is 0. The molecule has 0 fully saturated rings. The Hall–Kier alpha value is -3.85. The van der Waals surface area contributed by atoms with Crippen LogP contribution in [0.2, 0.25) is 0 Å². The van der Waals surface area contributed by atoms with Crippen LogP contribution in [0.25, 0.3) is 0 Å². The molecule has 0 amide bonds. The van der Waals surface area contributed by atoms with Crippen molar-refractivity contribution < 1.29 is 46.7 Å². The van der Waals surface area contributed by atoms with Crippen molar-refractivity contribution in [2.24, 2.45) is 0 Å². The van der Waals surface area contributed by atoms with E-state index in [1.807, 2.05) is 0 Å². The fraction of sp³-hybridized carbons (Fsp3) is 0.0870. The monoisotopic (exact) mass is 503 g/mol. The molecular weight excluding hydrogens is 486 g/mol. The predicted octanol–water partition coefficient (Wildman–Crippen LogP) is 1.85. The van der Waals surface area contributed by atoms with E-state index < -0.39 is 29.6 Å². The van der Waals surface area contributed by atoms with Crippen molar-refractivity contribution in [3.63, 3.8) is 0 Å². The molecule has 12 heteroatoms. The fourth-order valence-electron chi connectivity index (χ4n) is 2.58. The Morgan fingerprint density at radius 2 is 1.40 bits per heavy atom. The third-order valence-electron chi connectivity index (χ3n) is 3.98. The molecule has 0 aromatic heterocycles. The number of carboxylic acids is 2. The standard InChI is InChI=1S/C14H10F3NO2.C9H8O4.Al.H2O/c15-14(16,17)9-4-3-5-10(8-9)18-12-7-2-1-6-11(12)13(19)20;1-6(10)13-8-5-3-2-4-7(8)9(11)12;;/h1-8,18H,(H,19,20);2-5H,1H3,(H,11,12);;1H2/q;;+3;/p-3. The van der Waals surface area contributed by atoms with Crippen molar-refractivity contribution in [2.45, 2.75) is 13.1 Å². The van der Waals surface area contributed by atoms with E-state index in [0.717, 1.165) is 12.1 Å². The maximum absolute atomic E-state index is 12.6. The summed E-state index contributed by atoms with van der Waals surface area (Å²) in [5.74, 6) is -3.32. The molecule has 2 N–H and O–H groups in total. The van der Waals surface area contributed by atoms with Gasteiger partial charge in [-0.15, -0.1) is 0 Å². The number of anilines is 2. The third kappa shape index (κ3) is 9.50. The van der Waals surface area contributed by atoms with Gasteiger partial charge in [-0.2, -0.15) is 13.2 Å². The normalized spacial score (nSPS) is 10.0. The Bertz CT molecular complexity index is 1170. The maximum atomic E-state index is 12.6. The van der Waals surface area contributed by atoms with Crippen LogP contribution < -0.4 is 20.3 Å². The molecule has 0 bridgehead atoms. The van der Waals surface area contributed by atoms with Crippen LogP contribution >= 0.6 is 0 Å². The van der Waals surface area contributed by atoms with E-state index in [9.17, 15) is 37.8 Å². The average molecular weight is 503 g/mol. The van der Waals surface area contributed by atoms with Gasteiger partial charge in [-0.25, -0.2) is 0 Å². The zero-order valence-electron chi connectivity index (χ0n) is 18.0. The number of para-hydroxylation sites is 2. The van der Waals surface area contributed by atoms with Gasteiger partial charge in [-0.05, 0) is 36.4 Å². The molecule has 0 unspecified atom stereocenters. The molecule has 3 aromatic carbocycles. The van der Waals surface area contributed by atoms with Crippen LogP contribution in [0.1, 0.15) is 33.2 Å². The topological polar surface area (TPSA) is 139 Å². The number of esters is 1. The van der Waals surface area contributed by atoms with Crippen LogP contribution in [0, 0.1) is 0 Å². The molecular formula is C23H17AlF3NO7. The molecule has 0 saturated heterocycles. The number of carbonyl (C=O) groups is 3. The van der Waals surface area contributed by atoms with Gasteiger partial charge in [-0.3, -0.25) is 4.79 Å². The Kier molecular flexibility index (Phi) is 11.5. The Morgan fingerprint density at radius 3 is 1.94 bits per heavy atom. The van der Waals surface area contributed by atoms with Crippen molar-refractivity contribution in [3.05, 3.63) is 89.5 Å². The summed E-state index contributed by atoms with van der Waals surface area (Å²) < 4.78 is 49.3. The molecule has 0 atom stereocenters. The second-order valence-electron chi connectivity index (χ2n) is 6.41. The molecule has 8 nitrogen and oxygen atoms in total. The molecule has 3 rings (SSSR count). The van der Waals surface area contributed by atoms with Crippen molar-refractivity contribution >= 4 is 45.9 Å². The number of hydrogen-bond acceptors (Lipinski definition) is 8. The fourth-order valence-corrected chi connectivity index (χ4v) is 2.58. The summed E-state index contributed by atoms with van der Waals surface area (Å²) in [4.78, 5) is 32.0. The van der Waals surface area contributed by atoms with Crippen LogP contribution in [0.15, 0.2) is 72.8 Å². The number of halogens is 3. The minimum atomic E-state index is -4.45. The van der Waals surface area contributed by atoms with E-state index in [1.165, 1.54) is 72.1 Å². The van der Waals surface area contributed by atoms with E-state index >= 15 is 0 Å². The minimum absolute atomic E-state index is 0.00926. The Balaban J connectivity index is 0.000000354. The zero-order chi connectivity index (χ0) is 26.6. The number of alkyl halides is 3. The number of nitrogens with one attached hydrogen (secondary N) is 1. The van der Waals surface area contributed by atoms with Gasteiger partial charge in [0, 0.05) is 29.4 Å². The molecule has 0 heterocycles.